The molecule has 1 aromatic heterocycles. The number of aromatic nitrogens is 2. The highest BCUT2D eigenvalue weighted by Crippen LogP contribution is 2.00. The van der Waals surface area contributed by atoms with E-state index in [2.05, 4.69) is 15.3 Å². The van der Waals surface area contributed by atoms with Crippen LogP contribution in [-0.4, -0.2) is 22.9 Å². The van der Waals surface area contributed by atoms with E-state index in [1.807, 2.05) is 0 Å². The van der Waals surface area contributed by atoms with Gasteiger partial charge in [-0.2, -0.15) is 0 Å². The molecular formula is C7H9F2N3O. The average Bonchev–Trinajstić information content (AvgIpc) is 2.03. The first kappa shape index (κ1) is 9.63. The van der Waals surface area contributed by atoms with Crippen LogP contribution in [0.4, 0.5) is 14.6 Å². The van der Waals surface area contributed by atoms with Crippen LogP contribution in [0.15, 0.2) is 17.2 Å². The van der Waals surface area contributed by atoms with E-state index in [9.17, 15) is 13.6 Å². The number of nitrogens with zero attached hydrogens (tertiary/aromatic N) is 1. The number of hydrogen-bond acceptors (Lipinski definition) is 3. The Labute approximate surface area is 73.0 Å². The highest BCUT2D eigenvalue weighted by Gasteiger charge is 2.01. The number of aromatic amines is 1. The van der Waals surface area contributed by atoms with Crippen LogP contribution >= 0.6 is 0 Å². The topological polar surface area (TPSA) is 57.8 Å². The molecule has 6 heteroatoms. The lowest BCUT2D eigenvalue weighted by Crippen LogP contribution is -2.11. The van der Waals surface area contributed by atoms with Crippen molar-refractivity contribution in [1.82, 2.24) is 9.97 Å². The van der Waals surface area contributed by atoms with Crippen molar-refractivity contribution in [3.63, 3.8) is 0 Å². The molecule has 2 N–H and O–H groups in total. The van der Waals surface area contributed by atoms with Crippen molar-refractivity contribution < 1.29 is 8.78 Å². The summed E-state index contributed by atoms with van der Waals surface area (Å²) >= 11 is 0. The van der Waals surface area contributed by atoms with Crippen LogP contribution in [0.25, 0.3) is 0 Å². The maximum atomic E-state index is 11.7. The highest BCUT2D eigenvalue weighted by molar-refractivity contribution is 5.31. The Bertz CT molecular complexity index is 313. The molecule has 0 amide bonds. The third-order valence-corrected chi connectivity index (χ3v) is 1.35. The number of H-pyrrole nitrogens is 1. The minimum absolute atomic E-state index is 0.105. The number of hydrogen-bond donors (Lipinski definition) is 2. The molecule has 1 aromatic rings. The molecule has 0 aliphatic carbocycles. The molecule has 13 heavy (non-hydrogen) atoms. The van der Waals surface area contributed by atoms with Gasteiger partial charge in [0.2, 0.25) is 6.43 Å². The van der Waals surface area contributed by atoms with Crippen molar-refractivity contribution in [2.24, 2.45) is 0 Å². The maximum Gasteiger partial charge on any atom is 0.252 e. The molecule has 0 unspecified atom stereocenters. The fraction of sp³-hybridized carbons (Fsp3) is 0.429. The number of halogens is 2. The zero-order valence-electron chi connectivity index (χ0n) is 6.76. The van der Waals surface area contributed by atoms with Crippen LogP contribution in [0.3, 0.4) is 0 Å². The first-order valence-corrected chi connectivity index (χ1v) is 3.75. The molecule has 0 aromatic carbocycles. The molecule has 72 valence electrons. The van der Waals surface area contributed by atoms with E-state index in [0.717, 1.165) is 0 Å². The van der Waals surface area contributed by atoms with Crippen molar-refractivity contribution in [3.05, 3.63) is 22.7 Å². The fourth-order valence-electron chi connectivity index (χ4n) is 0.775. The zero-order valence-corrected chi connectivity index (χ0v) is 6.76. The molecule has 0 saturated heterocycles. The van der Waals surface area contributed by atoms with Crippen molar-refractivity contribution in [3.8, 4) is 0 Å². The van der Waals surface area contributed by atoms with E-state index in [0.29, 0.717) is 5.82 Å². The summed E-state index contributed by atoms with van der Waals surface area (Å²) in [7, 11) is 0. The predicted molar refractivity (Wildman–Crippen MR) is 44.0 cm³/mol. The second-order valence-electron chi connectivity index (χ2n) is 2.40. The van der Waals surface area contributed by atoms with Crippen LogP contribution in [0.1, 0.15) is 6.42 Å². The lowest BCUT2D eigenvalue weighted by atomic mass is 10.4. The summed E-state index contributed by atoms with van der Waals surface area (Å²) in [6.45, 7) is 0.105. The van der Waals surface area contributed by atoms with Gasteiger partial charge in [0.1, 0.15) is 5.82 Å². The lowest BCUT2D eigenvalue weighted by molar-refractivity contribution is 0.142. The molecule has 1 rings (SSSR count). The van der Waals surface area contributed by atoms with Crippen molar-refractivity contribution >= 4 is 5.82 Å². The molecule has 1 heterocycles. The molecule has 0 aliphatic rings. The number of alkyl halides is 2. The van der Waals surface area contributed by atoms with Crippen LogP contribution < -0.4 is 10.9 Å². The Morgan fingerprint density at radius 2 is 2.38 bits per heavy atom. The van der Waals surface area contributed by atoms with E-state index < -0.39 is 6.43 Å². The molecule has 0 aliphatic heterocycles. The maximum absolute atomic E-state index is 11.7. The Morgan fingerprint density at radius 3 is 3.00 bits per heavy atom. The number of anilines is 1. The first-order chi connectivity index (χ1) is 6.18. The van der Waals surface area contributed by atoms with Crippen molar-refractivity contribution in [2.75, 3.05) is 11.9 Å². The Hall–Kier alpha value is -1.46. The van der Waals surface area contributed by atoms with Gasteiger partial charge >= 0.3 is 0 Å². The first-order valence-electron chi connectivity index (χ1n) is 3.75. The summed E-state index contributed by atoms with van der Waals surface area (Å²) in [5.41, 5.74) is -0.311. The smallest absolute Gasteiger partial charge is 0.252 e. The molecule has 0 fully saturated rings. The van der Waals surface area contributed by atoms with Crippen LogP contribution in [0.2, 0.25) is 0 Å². The Balaban J connectivity index is 2.41. The minimum Gasteiger partial charge on any atom is -0.370 e. The summed E-state index contributed by atoms with van der Waals surface area (Å²) in [5, 5.41) is 2.61. The van der Waals surface area contributed by atoms with Gasteiger partial charge in [0.25, 0.3) is 5.56 Å². The van der Waals surface area contributed by atoms with E-state index in [4.69, 9.17) is 0 Å². The van der Waals surface area contributed by atoms with Gasteiger partial charge in [0.15, 0.2) is 0 Å². The normalized spacial score (nSPS) is 10.4. The summed E-state index contributed by atoms with van der Waals surface area (Å²) in [5.74, 6) is 0.310. The summed E-state index contributed by atoms with van der Waals surface area (Å²) in [6.07, 6.45) is -1.38. The second-order valence-corrected chi connectivity index (χ2v) is 2.40. The molecule has 0 bridgehead atoms. The average molecular weight is 189 g/mol. The van der Waals surface area contributed by atoms with Gasteiger partial charge in [0, 0.05) is 19.0 Å². The number of nitrogens with one attached hydrogen (secondary N) is 2. The van der Waals surface area contributed by atoms with Gasteiger partial charge in [-0.25, -0.2) is 13.8 Å². The van der Waals surface area contributed by atoms with Crippen LogP contribution in [0.5, 0.6) is 0 Å². The molecule has 4 nitrogen and oxygen atoms in total. The second kappa shape index (κ2) is 4.54. The standard InChI is InChI=1S/C7H9F2N3O/c8-5(9)1-2-10-6-3-7(13)12-4-11-6/h3-5H,1-2H2,(H2,10,11,12,13). The third-order valence-electron chi connectivity index (χ3n) is 1.35. The third kappa shape index (κ3) is 3.64. The molecule has 0 saturated carbocycles. The Morgan fingerprint density at radius 1 is 1.62 bits per heavy atom. The zero-order chi connectivity index (χ0) is 9.68. The summed E-state index contributed by atoms with van der Waals surface area (Å²) in [4.78, 5) is 16.7. The lowest BCUT2D eigenvalue weighted by Gasteiger charge is -2.02. The van der Waals surface area contributed by atoms with Gasteiger partial charge in [-0.05, 0) is 0 Å². The molecular weight excluding hydrogens is 180 g/mol. The van der Waals surface area contributed by atoms with Crippen LogP contribution in [-0.2, 0) is 0 Å². The van der Waals surface area contributed by atoms with Crippen molar-refractivity contribution in [1.29, 1.82) is 0 Å². The van der Waals surface area contributed by atoms with Crippen molar-refractivity contribution in [2.45, 2.75) is 12.8 Å². The monoisotopic (exact) mass is 189 g/mol. The van der Waals surface area contributed by atoms with Crippen LogP contribution in [0, 0.1) is 0 Å². The molecule has 0 atom stereocenters. The van der Waals surface area contributed by atoms with E-state index >= 15 is 0 Å². The Kier molecular flexibility index (Phi) is 3.36. The SMILES string of the molecule is O=c1cc(NCCC(F)F)nc[nH]1. The summed E-state index contributed by atoms with van der Waals surface area (Å²) < 4.78 is 23.4. The van der Waals surface area contributed by atoms with Gasteiger partial charge < -0.3 is 10.3 Å². The van der Waals surface area contributed by atoms with Gasteiger partial charge in [0.05, 0.1) is 6.33 Å². The van der Waals surface area contributed by atoms with E-state index in [1.54, 1.807) is 0 Å². The van der Waals surface area contributed by atoms with E-state index in [-0.39, 0.29) is 18.5 Å². The quantitative estimate of drug-likeness (QED) is 0.737. The summed E-state index contributed by atoms with van der Waals surface area (Å²) in [6, 6.07) is 1.21. The fourth-order valence-corrected chi connectivity index (χ4v) is 0.775. The molecule has 0 spiro atoms. The molecule has 0 radical (unpaired) electrons. The van der Waals surface area contributed by atoms with Gasteiger partial charge in [-0.3, -0.25) is 4.79 Å². The van der Waals surface area contributed by atoms with E-state index in [1.165, 1.54) is 12.4 Å². The van der Waals surface area contributed by atoms with Gasteiger partial charge in [-0.15, -0.1) is 0 Å². The minimum atomic E-state index is -2.34. The van der Waals surface area contributed by atoms with Gasteiger partial charge in [-0.1, -0.05) is 0 Å². The highest BCUT2D eigenvalue weighted by atomic mass is 19.3. The predicted octanol–water partition coefficient (Wildman–Crippen LogP) is 0.837. The number of rotatable bonds is 4. The largest absolute Gasteiger partial charge is 0.370 e.